The standard InChI is InChI=1S/C26H26N2O3S/c27-18-22-14-16-23(17-15-22)19-32(30,31)20-26(29)28-25(24-11-5-2-6-12-24)13-7-10-21-8-3-1-4-9-21/h1-6,8-9,11-12,14-17,25H,7,10,13,19-20H2,(H,28,29). The number of amides is 1. The molecule has 0 fully saturated rings. The number of nitrogens with one attached hydrogen (secondary N) is 1. The number of hydrogen-bond acceptors (Lipinski definition) is 4. The van der Waals surface area contributed by atoms with E-state index in [1.165, 1.54) is 5.56 Å². The van der Waals surface area contributed by atoms with E-state index in [2.05, 4.69) is 17.4 Å². The lowest BCUT2D eigenvalue weighted by atomic mass is 9.99. The van der Waals surface area contributed by atoms with Gasteiger partial charge in [-0.3, -0.25) is 4.79 Å². The van der Waals surface area contributed by atoms with Crippen LogP contribution in [0.4, 0.5) is 0 Å². The van der Waals surface area contributed by atoms with Crippen LogP contribution in [0.1, 0.15) is 41.1 Å². The van der Waals surface area contributed by atoms with Crippen LogP contribution in [0, 0.1) is 11.3 Å². The van der Waals surface area contributed by atoms with Gasteiger partial charge in [-0.2, -0.15) is 5.26 Å². The van der Waals surface area contributed by atoms with E-state index in [1.54, 1.807) is 24.3 Å². The Morgan fingerprint density at radius 1 is 0.875 bits per heavy atom. The molecule has 164 valence electrons. The van der Waals surface area contributed by atoms with E-state index in [4.69, 9.17) is 5.26 Å². The molecule has 0 saturated carbocycles. The lowest BCUT2D eigenvalue weighted by molar-refractivity contribution is -0.119. The number of aryl methyl sites for hydroxylation is 1. The van der Waals surface area contributed by atoms with Crippen molar-refractivity contribution in [2.45, 2.75) is 31.1 Å². The predicted molar refractivity (Wildman–Crippen MR) is 125 cm³/mol. The molecule has 1 unspecified atom stereocenters. The lowest BCUT2D eigenvalue weighted by Gasteiger charge is -2.19. The molecule has 1 atom stereocenters. The van der Waals surface area contributed by atoms with E-state index in [9.17, 15) is 13.2 Å². The number of sulfone groups is 1. The van der Waals surface area contributed by atoms with Crippen molar-refractivity contribution in [3.63, 3.8) is 0 Å². The van der Waals surface area contributed by atoms with Gasteiger partial charge in [0.15, 0.2) is 9.84 Å². The van der Waals surface area contributed by atoms with Crippen LogP contribution in [0.25, 0.3) is 0 Å². The summed E-state index contributed by atoms with van der Waals surface area (Å²) in [6.45, 7) is 0. The van der Waals surface area contributed by atoms with Gasteiger partial charge in [-0.1, -0.05) is 72.8 Å². The molecule has 0 aliphatic carbocycles. The minimum Gasteiger partial charge on any atom is -0.348 e. The van der Waals surface area contributed by atoms with Gasteiger partial charge in [0.2, 0.25) is 5.91 Å². The van der Waals surface area contributed by atoms with Crippen molar-refractivity contribution >= 4 is 15.7 Å². The third-order valence-electron chi connectivity index (χ3n) is 5.16. The molecule has 0 saturated heterocycles. The summed E-state index contributed by atoms with van der Waals surface area (Å²) in [5, 5.41) is 11.8. The van der Waals surface area contributed by atoms with Crippen LogP contribution < -0.4 is 5.32 Å². The summed E-state index contributed by atoms with van der Waals surface area (Å²) in [5.74, 6) is -1.32. The quantitative estimate of drug-likeness (QED) is 0.501. The van der Waals surface area contributed by atoms with Crippen molar-refractivity contribution in [3.05, 3.63) is 107 Å². The van der Waals surface area contributed by atoms with E-state index in [-0.39, 0.29) is 11.8 Å². The van der Waals surface area contributed by atoms with Crippen molar-refractivity contribution < 1.29 is 13.2 Å². The van der Waals surface area contributed by atoms with E-state index < -0.39 is 21.5 Å². The monoisotopic (exact) mass is 446 g/mol. The van der Waals surface area contributed by atoms with Crippen LogP contribution in [0.2, 0.25) is 0 Å². The number of nitriles is 1. The van der Waals surface area contributed by atoms with Crippen LogP contribution in [-0.2, 0) is 26.8 Å². The van der Waals surface area contributed by atoms with Gasteiger partial charge in [-0.25, -0.2) is 8.42 Å². The molecule has 0 bridgehead atoms. The van der Waals surface area contributed by atoms with Gasteiger partial charge in [0.25, 0.3) is 0 Å². The maximum Gasteiger partial charge on any atom is 0.235 e. The highest BCUT2D eigenvalue weighted by Gasteiger charge is 2.21. The molecule has 6 heteroatoms. The van der Waals surface area contributed by atoms with E-state index in [0.29, 0.717) is 17.5 Å². The van der Waals surface area contributed by atoms with Gasteiger partial charge in [-0.15, -0.1) is 0 Å². The Morgan fingerprint density at radius 2 is 1.50 bits per heavy atom. The second-order valence-corrected chi connectivity index (χ2v) is 9.81. The molecule has 3 aromatic rings. The van der Waals surface area contributed by atoms with Crippen molar-refractivity contribution in [2.75, 3.05) is 5.75 Å². The Kier molecular flexibility index (Phi) is 8.18. The van der Waals surface area contributed by atoms with Crippen LogP contribution in [0.5, 0.6) is 0 Å². The first-order chi connectivity index (χ1) is 15.4. The fraction of sp³-hybridized carbons (Fsp3) is 0.231. The van der Waals surface area contributed by atoms with E-state index in [1.807, 2.05) is 54.6 Å². The molecule has 0 aliphatic heterocycles. The Bertz CT molecular complexity index is 1150. The molecule has 3 rings (SSSR count). The Morgan fingerprint density at radius 3 is 2.12 bits per heavy atom. The number of rotatable bonds is 10. The minimum absolute atomic E-state index is 0.240. The number of hydrogen-bond donors (Lipinski definition) is 1. The second-order valence-electron chi connectivity index (χ2n) is 7.75. The summed E-state index contributed by atoms with van der Waals surface area (Å²) < 4.78 is 25.1. The van der Waals surface area contributed by atoms with Crippen molar-refractivity contribution in [3.8, 4) is 6.07 Å². The lowest BCUT2D eigenvalue weighted by Crippen LogP contribution is -2.34. The zero-order valence-electron chi connectivity index (χ0n) is 17.8. The summed E-state index contributed by atoms with van der Waals surface area (Å²) >= 11 is 0. The SMILES string of the molecule is N#Cc1ccc(CS(=O)(=O)CC(=O)NC(CCCc2ccccc2)c2ccccc2)cc1. The van der Waals surface area contributed by atoms with Crippen LogP contribution in [0.15, 0.2) is 84.9 Å². The molecule has 5 nitrogen and oxygen atoms in total. The van der Waals surface area contributed by atoms with Crippen molar-refractivity contribution in [1.29, 1.82) is 5.26 Å². The van der Waals surface area contributed by atoms with Crippen LogP contribution in [-0.4, -0.2) is 20.1 Å². The van der Waals surface area contributed by atoms with Crippen molar-refractivity contribution in [1.82, 2.24) is 5.32 Å². The molecule has 0 heterocycles. The number of carbonyl (C=O) groups is 1. The zero-order chi connectivity index (χ0) is 22.8. The summed E-state index contributed by atoms with van der Waals surface area (Å²) in [7, 11) is -3.64. The third-order valence-corrected chi connectivity index (χ3v) is 6.63. The average Bonchev–Trinajstić information content (AvgIpc) is 2.79. The number of benzene rings is 3. The molecule has 0 radical (unpaired) electrons. The fourth-order valence-electron chi connectivity index (χ4n) is 3.58. The molecule has 1 amide bonds. The summed E-state index contributed by atoms with van der Waals surface area (Å²) in [4.78, 5) is 12.6. The van der Waals surface area contributed by atoms with Gasteiger partial charge >= 0.3 is 0 Å². The highest BCUT2D eigenvalue weighted by Crippen LogP contribution is 2.20. The van der Waals surface area contributed by atoms with Gasteiger partial charge < -0.3 is 5.32 Å². The first kappa shape index (κ1) is 23.2. The number of nitrogens with zero attached hydrogens (tertiary/aromatic N) is 1. The summed E-state index contributed by atoms with van der Waals surface area (Å²) in [6.07, 6.45) is 2.46. The van der Waals surface area contributed by atoms with Gasteiger partial charge in [0.05, 0.1) is 23.4 Å². The second kappa shape index (κ2) is 11.3. The Hall–Kier alpha value is -3.43. The molecular weight excluding hydrogens is 420 g/mol. The molecule has 1 N–H and O–H groups in total. The maximum absolute atomic E-state index is 12.6. The zero-order valence-corrected chi connectivity index (χ0v) is 18.6. The van der Waals surface area contributed by atoms with Gasteiger partial charge in [0, 0.05) is 0 Å². The number of carbonyl (C=O) groups excluding carboxylic acids is 1. The highest BCUT2D eigenvalue weighted by atomic mass is 32.2. The Balaban J connectivity index is 1.61. The van der Waals surface area contributed by atoms with E-state index in [0.717, 1.165) is 18.4 Å². The average molecular weight is 447 g/mol. The van der Waals surface area contributed by atoms with Crippen molar-refractivity contribution in [2.24, 2.45) is 0 Å². The Labute approximate surface area is 189 Å². The largest absolute Gasteiger partial charge is 0.348 e. The molecular formula is C26H26N2O3S. The molecule has 32 heavy (non-hydrogen) atoms. The first-order valence-corrected chi connectivity index (χ1v) is 12.3. The molecule has 3 aromatic carbocycles. The first-order valence-electron chi connectivity index (χ1n) is 10.5. The van der Waals surface area contributed by atoms with Crippen LogP contribution >= 0.6 is 0 Å². The molecule has 0 spiro atoms. The molecule has 0 aliphatic rings. The highest BCUT2D eigenvalue weighted by molar-refractivity contribution is 7.91. The molecule has 0 aromatic heterocycles. The predicted octanol–water partition coefficient (Wildman–Crippen LogP) is 4.35. The van der Waals surface area contributed by atoms with Crippen LogP contribution in [0.3, 0.4) is 0 Å². The smallest absolute Gasteiger partial charge is 0.235 e. The third kappa shape index (κ3) is 7.36. The van der Waals surface area contributed by atoms with Gasteiger partial charge in [0.1, 0.15) is 5.75 Å². The topological polar surface area (TPSA) is 87.0 Å². The maximum atomic E-state index is 12.6. The summed E-state index contributed by atoms with van der Waals surface area (Å²) in [6, 6.07) is 27.9. The summed E-state index contributed by atoms with van der Waals surface area (Å²) in [5.41, 5.74) is 3.21. The van der Waals surface area contributed by atoms with Gasteiger partial charge in [-0.05, 0) is 48.1 Å². The normalized spacial score (nSPS) is 12.0. The minimum atomic E-state index is -3.64. The fourth-order valence-corrected chi connectivity index (χ4v) is 4.86. The van der Waals surface area contributed by atoms with E-state index >= 15 is 0 Å².